The molecule has 0 aliphatic rings. The number of hydrogen-bond acceptors (Lipinski definition) is 3. The highest BCUT2D eigenvalue weighted by Gasteiger charge is 2.06. The third-order valence-corrected chi connectivity index (χ3v) is 2.11. The SMILES string of the molecule is C/C=C(/c1cc(N)cc(N)c1)C(C)N. The van der Waals surface area contributed by atoms with Crippen LogP contribution in [0.4, 0.5) is 11.4 Å². The fraction of sp³-hybridized carbons (Fsp3) is 0.273. The Labute approximate surface area is 84.6 Å². The minimum absolute atomic E-state index is 0.0128. The summed E-state index contributed by atoms with van der Waals surface area (Å²) < 4.78 is 0. The third kappa shape index (κ3) is 2.26. The number of rotatable bonds is 2. The molecule has 1 rings (SSSR count). The Balaban J connectivity index is 3.18. The summed E-state index contributed by atoms with van der Waals surface area (Å²) in [5.41, 5.74) is 20.6. The Hall–Kier alpha value is -1.48. The van der Waals surface area contributed by atoms with Gasteiger partial charge in [-0.2, -0.15) is 0 Å². The number of benzene rings is 1. The summed E-state index contributed by atoms with van der Waals surface area (Å²) >= 11 is 0. The van der Waals surface area contributed by atoms with E-state index < -0.39 is 0 Å². The second kappa shape index (κ2) is 4.15. The highest BCUT2D eigenvalue weighted by molar-refractivity contribution is 5.74. The summed E-state index contributed by atoms with van der Waals surface area (Å²) in [6.45, 7) is 3.90. The minimum Gasteiger partial charge on any atom is -0.399 e. The molecule has 0 bridgehead atoms. The molecular weight excluding hydrogens is 174 g/mol. The molecule has 3 heteroatoms. The summed E-state index contributed by atoms with van der Waals surface area (Å²) in [6.07, 6.45) is 1.98. The Kier molecular flexibility index (Phi) is 3.14. The maximum absolute atomic E-state index is 5.83. The number of allylic oxidation sites excluding steroid dienone is 1. The van der Waals surface area contributed by atoms with E-state index in [0.29, 0.717) is 11.4 Å². The highest BCUT2D eigenvalue weighted by atomic mass is 14.6. The standard InChI is InChI=1S/C11H17N3/c1-3-11(7(2)12)8-4-9(13)6-10(14)5-8/h3-7H,12-14H2,1-2H3/b11-3+. The Morgan fingerprint density at radius 2 is 1.71 bits per heavy atom. The molecule has 0 aliphatic heterocycles. The summed E-state index contributed by atoms with van der Waals surface area (Å²) in [4.78, 5) is 0. The molecule has 1 aromatic rings. The largest absolute Gasteiger partial charge is 0.399 e. The maximum Gasteiger partial charge on any atom is 0.0340 e. The van der Waals surface area contributed by atoms with Crippen molar-refractivity contribution in [1.29, 1.82) is 0 Å². The number of nitrogen functional groups attached to an aromatic ring is 2. The zero-order valence-corrected chi connectivity index (χ0v) is 8.62. The summed E-state index contributed by atoms with van der Waals surface area (Å²) in [6, 6.07) is 5.49. The molecule has 1 aromatic carbocycles. The van der Waals surface area contributed by atoms with Crippen LogP contribution in [-0.4, -0.2) is 6.04 Å². The second-order valence-electron chi connectivity index (χ2n) is 3.42. The van der Waals surface area contributed by atoms with Crippen LogP contribution in [0.1, 0.15) is 19.4 Å². The van der Waals surface area contributed by atoms with E-state index in [2.05, 4.69) is 0 Å². The van der Waals surface area contributed by atoms with E-state index in [0.717, 1.165) is 11.1 Å². The number of nitrogens with two attached hydrogens (primary N) is 3. The van der Waals surface area contributed by atoms with Gasteiger partial charge in [0.15, 0.2) is 0 Å². The predicted molar refractivity (Wildman–Crippen MR) is 62.6 cm³/mol. The van der Waals surface area contributed by atoms with Crippen molar-refractivity contribution in [3.05, 3.63) is 29.8 Å². The molecule has 14 heavy (non-hydrogen) atoms. The molecule has 0 saturated carbocycles. The average Bonchev–Trinajstić information content (AvgIpc) is 2.02. The fourth-order valence-electron chi connectivity index (χ4n) is 1.54. The minimum atomic E-state index is -0.0128. The van der Waals surface area contributed by atoms with Crippen molar-refractivity contribution in [3.8, 4) is 0 Å². The predicted octanol–water partition coefficient (Wildman–Crippen LogP) is 1.60. The summed E-state index contributed by atoms with van der Waals surface area (Å²) in [5.74, 6) is 0. The van der Waals surface area contributed by atoms with Crippen molar-refractivity contribution in [2.24, 2.45) is 5.73 Å². The lowest BCUT2D eigenvalue weighted by Crippen LogP contribution is -2.17. The van der Waals surface area contributed by atoms with Crippen LogP contribution in [0.25, 0.3) is 5.57 Å². The Morgan fingerprint density at radius 3 is 2.07 bits per heavy atom. The normalized spacial score (nSPS) is 14.1. The van der Waals surface area contributed by atoms with E-state index >= 15 is 0 Å². The van der Waals surface area contributed by atoms with Crippen LogP contribution >= 0.6 is 0 Å². The van der Waals surface area contributed by atoms with Crippen molar-refractivity contribution < 1.29 is 0 Å². The first-order valence-electron chi connectivity index (χ1n) is 4.62. The molecule has 76 valence electrons. The molecule has 1 atom stereocenters. The first-order chi connectivity index (χ1) is 6.54. The molecule has 0 amide bonds. The van der Waals surface area contributed by atoms with Crippen molar-refractivity contribution in [3.63, 3.8) is 0 Å². The molecule has 0 saturated heterocycles. The van der Waals surface area contributed by atoms with E-state index in [1.165, 1.54) is 0 Å². The lowest BCUT2D eigenvalue weighted by atomic mass is 9.99. The van der Waals surface area contributed by atoms with E-state index in [-0.39, 0.29) is 6.04 Å². The first-order valence-corrected chi connectivity index (χ1v) is 4.62. The zero-order valence-electron chi connectivity index (χ0n) is 8.62. The van der Waals surface area contributed by atoms with E-state index in [1.54, 1.807) is 6.07 Å². The van der Waals surface area contributed by atoms with Crippen LogP contribution < -0.4 is 17.2 Å². The van der Waals surface area contributed by atoms with E-state index in [1.807, 2.05) is 32.1 Å². The molecule has 0 fully saturated rings. The molecule has 1 unspecified atom stereocenters. The molecule has 3 nitrogen and oxygen atoms in total. The maximum atomic E-state index is 5.83. The van der Waals surface area contributed by atoms with Gasteiger partial charge in [0.25, 0.3) is 0 Å². The highest BCUT2D eigenvalue weighted by Crippen LogP contribution is 2.22. The number of hydrogen-bond donors (Lipinski definition) is 3. The molecule has 0 aliphatic carbocycles. The van der Waals surface area contributed by atoms with Crippen molar-refractivity contribution >= 4 is 16.9 Å². The lowest BCUT2D eigenvalue weighted by Gasteiger charge is -2.12. The Morgan fingerprint density at radius 1 is 1.21 bits per heavy atom. The van der Waals surface area contributed by atoms with Gasteiger partial charge in [-0.25, -0.2) is 0 Å². The quantitative estimate of drug-likeness (QED) is 0.621. The van der Waals surface area contributed by atoms with Gasteiger partial charge in [0.1, 0.15) is 0 Å². The fourth-order valence-corrected chi connectivity index (χ4v) is 1.54. The number of anilines is 2. The molecular formula is C11H17N3. The van der Waals surface area contributed by atoms with Crippen LogP contribution in [0.15, 0.2) is 24.3 Å². The van der Waals surface area contributed by atoms with Gasteiger partial charge in [-0.15, -0.1) is 0 Å². The van der Waals surface area contributed by atoms with Gasteiger partial charge in [0, 0.05) is 17.4 Å². The summed E-state index contributed by atoms with van der Waals surface area (Å²) in [7, 11) is 0. The molecule has 0 radical (unpaired) electrons. The van der Waals surface area contributed by atoms with E-state index in [4.69, 9.17) is 17.2 Å². The molecule has 0 heterocycles. The van der Waals surface area contributed by atoms with Crippen LogP contribution in [0.2, 0.25) is 0 Å². The molecule has 6 N–H and O–H groups in total. The van der Waals surface area contributed by atoms with Gasteiger partial charge in [0.05, 0.1) is 0 Å². The van der Waals surface area contributed by atoms with Crippen LogP contribution in [0.3, 0.4) is 0 Å². The summed E-state index contributed by atoms with van der Waals surface area (Å²) in [5, 5.41) is 0. The average molecular weight is 191 g/mol. The van der Waals surface area contributed by atoms with Gasteiger partial charge in [-0.1, -0.05) is 6.08 Å². The Bertz CT molecular complexity index is 333. The molecule has 0 aromatic heterocycles. The van der Waals surface area contributed by atoms with Gasteiger partial charge < -0.3 is 17.2 Å². The van der Waals surface area contributed by atoms with E-state index in [9.17, 15) is 0 Å². The second-order valence-corrected chi connectivity index (χ2v) is 3.42. The monoisotopic (exact) mass is 191 g/mol. The van der Waals surface area contributed by atoms with Crippen LogP contribution in [0, 0.1) is 0 Å². The van der Waals surface area contributed by atoms with Gasteiger partial charge >= 0.3 is 0 Å². The third-order valence-electron chi connectivity index (χ3n) is 2.11. The van der Waals surface area contributed by atoms with Gasteiger partial charge in [-0.3, -0.25) is 0 Å². The smallest absolute Gasteiger partial charge is 0.0340 e. The molecule has 0 spiro atoms. The van der Waals surface area contributed by atoms with Gasteiger partial charge in [0.2, 0.25) is 0 Å². The van der Waals surface area contributed by atoms with Crippen LogP contribution in [-0.2, 0) is 0 Å². The van der Waals surface area contributed by atoms with Gasteiger partial charge in [-0.05, 0) is 43.2 Å². The first kappa shape index (κ1) is 10.6. The van der Waals surface area contributed by atoms with Crippen molar-refractivity contribution in [2.45, 2.75) is 19.9 Å². The topological polar surface area (TPSA) is 78.1 Å². The lowest BCUT2D eigenvalue weighted by molar-refractivity contribution is 0.945. The van der Waals surface area contributed by atoms with Crippen molar-refractivity contribution in [2.75, 3.05) is 11.5 Å². The zero-order chi connectivity index (χ0) is 10.7. The van der Waals surface area contributed by atoms with Crippen molar-refractivity contribution in [1.82, 2.24) is 0 Å². The van der Waals surface area contributed by atoms with Crippen LogP contribution in [0.5, 0.6) is 0 Å².